The van der Waals surface area contributed by atoms with Gasteiger partial charge >= 0.3 is 0 Å². The Morgan fingerprint density at radius 2 is 2.04 bits per heavy atom. The summed E-state index contributed by atoms with van der Waals surface area (Å²) in [5, 5.41) is 13.8. The normalized spacial score (nSPS) is 12.9. The fourth-order valence-corrected chi connectivity index (χ4v) is 2.38. The molecule has 0 saturated heterocycles. The molecule has 2 aromatic carbocycles. The molecule has 23 heavy (non-hydrogen) atoms. The average molecular weight is 314 g/mol. The summed E-state index contributed by atoms with van der Waals surface area (Å²) in [5.74, 6) is 0.285. The minimum absolute atomic E-state index is 0.0539. The fraction of sp³-hybridized carbons (Fsp3) is 0.188. The number of fused-ring (bicyclic) bond motifs is 1. The Hall–Kier alpha value is -2.93. The van der Waals surface area contributed by atoms with E-state index in [1.54, 1.807) is 24.3 Å². The number of rotatable bonds is 4. The maximum Gasteiger partial charge on any atom is 0.270 e. The third-order valence-electron chi connectivity index (χ3n) is 3.46. The van der Waals surface area contributed by atoms with Crippen molar-refractivity contribution >= 4 is 11.6 Å². The molecule has 0 aliphatic carbocycles. The number of carbonyl (C=O) groups is 1. The molecule has 7 nitrogen and oxygen atoms in total. The van der Waals surface area contributed by atoms with E-state index in [4.69, 9.17) is 9.47 Å². The molecule has 1 aliphatic rings. The number of hydrogen-bond acceptors (Lipinski definition) is 5. The molecule has 1 heterocycles. The topological polar surface area (TPSA) is 90.7 Å². The summed E-state index contributed by atoms with van der Waals surface area (Å²) in [6.07, 6.45) is 0. The van der Waals surface area contributed by atoms with Gasteiger partial charge in [-0.15, -0.1) is 0 Å². The van der Waals surface area contributed by atoms with Crippen LogP contribution in [0.25, 0.3) is 0 Å². The molecule has 0 bridgehead atoms. The molecule has 0 aromatic heterocycles. The summed E-state index contributed by atoms with van der Waals surface area (Å²) in [4.78, 5) is 22.7. The van der Waals surface area contributed by atoms with Gasteiger partial charge in [-0.05, 0) is 12.1 Å². The number of nitro benzene ring substituents is 1. The molecule has 0 radical (unpaired) electrons. The molecule has 1 aliphatic heterocycles. The Morgan fingerprint density at radius 1 is 1.26 bits per heavy atom. The van der Waals surface area contributed by atoms with E-state index in [0.717, 1.165) is 0 Å². The highest BCUT2D eigenvalue weighted by Gasteiger charge is 2.21. The fourth-order valence-electron chi connectivity index (χ4n) is 2.38. The van der Waals surface area contributed by atoms with Crippen LogP contribution in [0, 0.1) is 10.1 Å². The quantitative estimate of drug-likeness (QED) is 0.691. The summed E-state index contributed by atoms with van der Waals surface area (Å²) < 4.78 is 10.6. The standard InChI is InChI=1S/C16H14N2O5/c19-16(11-4-2-1-3-5-11)17-8-12-6-14(18(20)21)7-13-9-22-10-23-15(12)13/h1-7H,8-10H2,(H,17,19). The lowest BCUT2D eigenvalue weighted by Gasteiger charge is -2.20. The largest absolute Gasteiger partial charge is 0.467 e. The number of carbonyl (C=O) groups excluding carboxylic acids is 1. The SMILES string of the molecule is O=C(NCc1cc([N+](=O)[O-])cc2c1OCOC2)c1ccccc1. The molecular weight excluding hydrogens is 300 g/mol. The Balaban J connectivity index is 1.83. The maximum absolute atomic E-state index is 12.1. The van der Waals surface area contributed by atoms with E-state index < -0.39 is 4.92 Å². The first-order valence-electron chi connectivity index (χ1n) is 6.99. The molecular formula is C16H14N2O5. The van der Waals surface area contributed by atoms with Gasteiger partial charge in [0.2, 0.25) is 0 Å². The van der Waals surface area contributed by atoms with E-state index in [0.29, 0.717) is 22.4 Å². The molecule has 7 heteroatoms. The summed E-state index contributed by atoms with van der Waals surface area (Å²) >= 11 is 0. The number of nitro groups is 1. The van der Waals surface area contributed by atoms with Crippen LogP contribution in [-0.2, 0) is 17.9 Å². The Morgan fingerprint density at radius 3 is 2.78 bits per heavy atom. The van der Waals surface area contributed by atoms with Crippen LogP contribution >= 0.6 is 0 Å². The van der Waals surface area contributed by atoms with Gasteiger partial charge in [0.15, 0.2) is 6.79 Å². The van der Waals surface area contributed by atoms with Crippen molar-refractivity contribution < 1.29 is 19.2 Å². The van der Waals surface area contributed by atoms with Gasteiger partial charge in [0.05, 0.1) is 11.5 Å². The van der Waals surface area contributed by atoms with Gasteiger partial charge in [-0.25, -0.2) is 0 Å². The first-order valence-corrected chi connectivity index (χ1v) is 6.99. The van der Waals surface area contributed by atoms with Crippen LogP contribution in [0.4, 0.5) is 5.69 Å². The number of non-ortho nitro benzene ring substituents is 1. The number of hydrogen-bond donors (Lipinski definition) is 1. The minimum Gasteiger partial charge on any atom is -0.467 e. The molecule has 0 saturated carbocycles. The predicted molar refractivity (Wildman–Crippen MR) is 81.0 cm³/mol. The zero-order chi connectivity index (χ0) is 16.2. The molecule has 2 aromatic rings. The molecule has 0 unspecified atom stereocenters. The third kappa shape index (κ3) is 3.29. The highest BCUT2D eigenvalue weighted by Crippen LogP contribution is 2.32. The van der Waals surface area contributed by atoms with E-state index in [-0.39, 0.29) is 31.5 Å². The highest BCUT2D eigenvalue weighted by atomic mass is 16.7. The predicted octanol–water partition coefficient (Wildman–Crippen LogP) is 2.39. The van der Waals surface area contributed by atoms with Crippen molar-refractivity contribution in [1.82, 2.24) is 5.32 Å². The number of nitrogens with zero attached hydrogens (tertiary/aromatic N) is 1. The third-order valence-corrected chi connectivity index (χ3v) is 3.46. The Labute approximate surface area is 132 Å². The summed E-state index contributed by atoms with van der Waals surface area (Å²) in [7, 11) is 0. The highest BCUT2D eigenvalue weighted by molar-refractivity contribution is 5.94. The van der Waals surface area contributed by atoms with E-state index in [2.05, 4.69) is 5.32 Å². The second kappa shape index (κ2) is 6.45. The van der Waals surface area contributed by atoms with E-state index in [1.807, 2.05) is 6.07 Å². The number of benzene rings is 2. The monoisotopic (exact) mass is 314 g/mol. The average Bonchev–Trinajstić information content (AvgIpc) is 2.59. The zero-order valence-electron chi connectivity index (χ0n) is 12.2. The van der Waals surface area contributed by atoms with Crippen LogP contribution in [0.3, 0.4) is 0 Å². The van der Waals surface area contributed by atoms with Gasteiger partial charge in [0.1, 0.15) is 5.75 Å². The van der Waals surface area contributed by atoms with Crippen molar-refractivity contribution in [3.05, 3.63) is 69.3 Å². The van der Waals surface area contributed by atoms with Gasteiger partial charge in [-0.3, -0.25) is 14.9 Å². The van der Waals surface area contributed by atoms with Gasteiger partial charge in [0.25, 0.3) is 11.6 Å². The molecule has 1 amide bonds. The van der Waals surface area contributed by atoms with Crippen LogP contribution in [0.15, 0.2) is 42.5 Å². The number of ether oxygens (including phenoxy) is 2. The molecule has 3 rings (SSSR count). The van der Waals surface area contributed by atoms with Gasteiger partial charge in [-0.2, -0.15) is 0 Å². The molecule has 1 N–H and O–H groups in total. The summed E-state index contributed by atoms with van der Waals surface area (Å²) in [6.45, 7) is 0.471. The van der Waals surface area contributed by atoms with Crippen LogP contribution in [0.5, 0.6) is 5.75 Å². The van der Waals surface area contributed by atoms with E-state index in [9.17, 15) is 14.9 Å². The van der Waals surface area contributed by atoms with Crippen molar-refractivity contribution in [3.63, 3.8) is 0 Å². The van der Waals surface area contributed by atoms with E-state index >= 15 is 0 Å². The van der Waals surface area contributed by atoms with Crippen LogP contribution in [0.1, 0.15) is 21.5 Å². The molecule has 118 valence electrons. The zero-order valence-corrected chi connectivity index (χ0v) is 12.2. The van der Waals surface area contributed by atoms with Crippen molar-refractivity contribution in [2.45, 2.75) is 13.2 Å². The van der Waals surface area contributed by atoms with Gasteiger partial charge < -0.3 is 14.8 Å². The first-order chi connectivity index (χ1) is 11.1. The van der Waals surface area contributed by atoms with Crippen molar-refractivity contribution in [3.8, 4) is 5.75 Å². The van der Waals surface area contributed by atoms with Crippen LogP contribution in [0.2, 0.25) is 0 Å². The second-order valence-electron chi connectivity index (χ2n) is 5.01. The van der Waals surface area contributed by atoms with Gasteiger partial charge in [0, 0.05) is 35.4 Å². The first kappa shape index (κ1) is 15.0. The Kier molecular flexibility index (Phi) is 4.20. The second-order valence-corrected chi connectivity index (χ2v) is 5.01. The van der Waals surface area contributed by atoms with Gasteiger partial charge in [-0.1, -0.05) is 18.2 Å². The van der Waals surface area contributed by atoms with E-state index in [1.165, 1.54) is 12.1 Å². The molecule has 0 spiro atoms. The van der Waals surface area contributed by atoms with Crippen molar-refractivity contribution in [2.24, 2.45) is 0 Å². The van der Waals surface area contributed by atoms with Crippen LogP contribution < -0.4 is 10.1 Å². The minimum atomic E-state index is -0.475. The molecule has 0 atom stereocenters. The smallest absolute Gasteiger partial charge is 0.270 e. The molecule has 0 fully saturated rings. The number of amides is 1. The maximum atomic E-state index is 12.1. The summed E-state index contributed by atoms with van der Waals surface area (Å²) in [6, 6.07) is 11.6. The van der Waals surface area contributed by atoms with Crippen molar-refractivity contribution in [2.75, 3.05) is 6.79 Å². The van der Waals surface area contributed by atoms with Crippen LogP contribution in [-0.4, -0.2) is 17.6 Å². The lowest BCUT2D eigenvalue weighted by molar-refractivity contribution is -0.385. The number of nitrogens with one attached hydrogen (secondary N) is 1. The van der Waals surface area contributed by atoms with Crippen molar-refractivity contribution in [1.29, 1.82) is 0 Å². The summed E-state index contributed by atoms with van der Waals surface area (Å²) in [5.41, 5.74) is 1.63. The lowest BCUT2D eigenvalue weighted by Crippen LogP contribution is -2.24. The lowest BCUT2D eigenvalue weighted by atomic mass is 10.1. The Bertz CT molecular complexity index is 746.